The largest absolute Gasteiger partial charge is 0.480 e. The van der Waals surface area contributed by atoms with Crippen LogP contribution in [0.25, 0.3) is 0 Å². The highest BCUT2D eigenvalue weighted by Gasteiger charge is 2.13. The van der Waals surface area contributed by atoms with Crippen molar-refractivity contribution in [1.29, 1.82) is 0 Å². The van der Waals surface area contributed by atoms with E-state index in [2.05, 4.69) is 5.32 Å². The first-order valence-electron chi connectivity index (χ1n) is 4.60. The molecule has 0 aromatic heterocycles. The number of carbonyl (C=O) groups is 1. The van der Waals surface area contributed by atoms with Crippen molar-refractivity contribution < 1.29 is 14.6 Å². The Balaban J connectivity index is 3.73. The molecule has 0 aromatic rings. The molecule has 0 heterocycles. The van der Waals surface area contributed by atoms with Crippen LogP contribution in [0.3, 0.4) is 0 Å². The van der Waals surface area contributed by atoms with Gasteiger partial charge in [0.2, 0.25) is 0 Å². The number of aliphatic carboxylic acids is 1. The van der Waals surface area contributed by atoms with Gasteiger partial charge in [0.05, 0.1) is 13.2 Å². The lowest BCUT2D eigenvalue weighted by Crippen LogP contribution is -2.40. The summed E-state index contributed by atoms with van der Waals surface area (Å²) in [4.78, 5) is 10.3. The molecule has 0 fully saturated rings. The van der Waals surface area contributed by atoms with Gasteiger partial charge in [-0.3, -0.25) is 4.79 Å². The highest BCUT2D eigenvalue weighted by Crippen LogP contribution is 2.01. The second-order valence-corrected chi connectivity index (χ2v) is 3.28. The third-order valence-corrected chi connectivity index (χ3v) is 1.82. The van der Waals surface area contributed by atoms with Crippen LogP contribution in [-0.4, -0.2) is 36.9 Å². The van der Waals surface area contributed by atoms with Crippen molar-refractivity contribution in [3.05, 3.63) is 0 Å². The molecule has 0 aliphatic rings. The molecule has 0 radical (unpaired) electrons. The molecule has 0 amide bonds. The van der Waals surface area contributed by atoms with E-state index in [1.807, 2.05) is 20.8 Å². The Morgan fingerprint density at radius 2 is 2.15 bits per heavy atom. The molecule has 0 aliphatic carbocycles. The Morgan fingerprint density at radius 1 is 1.54 bits per heavy atom. The van der Waals surface area contributed by atoms with Gasteiger partial charge in [-0.25, -0.2) is 0 Å². The van der Waals surface area contributed by atoms with E-state index in [4.69, 9.17) is 9.84 Å². The number of hydrogen-bond donors (Lipinski definition) is 2. The second-order valence-electron chi connectivity index (χ2n) is 3.28. The van der Waals surface area contributed by atoms with Crippen LogP contribution in [0.4, 0.5) is 0 Å². The molecule has 78 valence electrons. The van der Waals surface area contributed by atoms with Gasteiger partial charge in [-0.2, -0.15) is 0 Å². The zero-order chi connectivity index (χ0) is 10.3. The first-order chi connectivity index (χ1) is 6.07. The monoisotopic (exact) mass is 189 g/mol. The highest BCUT2D eigenvalue weighted by atomic mass is 16.5. The molecule has 0 aliphatic heterocycles. The van der Waals surface area contributed by atoms with Crippen LogP contribution in [0.2, 0.25) is 0 Å². The normalized spacial score (nSPS) is 13.2. The maximum atomic E-state index is 10.3. The van der Waals surface area contributed by atoms with E-state index in [1.54, 1.807) is 0 Å². The topological polar surface area (TPSA) is 58.6 Å². The molecule has 0 saturated heterocycles. The summed E-state index contributed by atoms with van der Waals surface area (Å²) in [5.41, 5.74) is 0. The van der Waals surface area contributed by atoms with Crippen LogP contribution < -0.4 is 5.32 Å². The van der Waals surface area contributed by atoms with E-state index in [0.29, 0.717) is 19.1 Å². The quantitative estimate of drug-likeness (QED) is 0.619. The van der Waals surface area contributed by atoms with Gasteiger partial charge in [-0.15, -0.1) is 0 Å². The van der Waals surface area contributed by atoms with Crippen LogP contribution in [0.1, 0.15) is 20.8 Å². The second kappa shape index (κ2) is 6.86. The number of carboxylic acids is 1. The summed E-state index contributed by atoms with van der Waals surface area (Å²) in [5, 5.41) is 11.4. The Morgan fingerprint density at radius 3 is 2.54 bits per heavy atom. The summed E-state index contributed by atoms with van der Waals surface area (Å²) in [6.45, 7) is 7.24. The lowest BCUT2D eigenvalue weighted by molar-refractivity contribution is -0.136. The average molecular weight is 189 g/mol. The standard InChI is InChI=1S/C9H19NO3/c1-4-13-6-8(7(2)3)10-5-9(11)12/h7-8,10H,4-6H2,1-3H3,(H,11,12). The predicted octanol–water partition coefficient (Wildman–Crippen LogP) is 0.722. The van der Waals surface area contributed by atoms with E-state index < -0.39 is 5.97 Å². The van der Waals surface area contributed by atoms with Crippen molar-refractivity contribution in [1.82, 2.24) is 5.32 Å². The van der Waals surface area contributed by atoms with Crippen LogP contribution in [0.15, 0.2) is 0 Å². The van der Waals surface area contributed by atoms with E-state index in [-0.39, 0.29) is 12.6 Å². The molecule has 0 aromatic carbocycles. The van der Waals surface area contributed by atoms with Gasteiger partial charge in [0, 0.05) is 12.6 Å². The molecule has 0 bridgehead atoms. The summed E-state index contributed by atoms with van der Waals surface area (Å²) in [6, 6.07) is 0.121. The molecular weight excluding hydrogens is 170 g/mol. The molecule has 4 heteroatoms. The zero-order valence-electron chi connectivity index (χ0n) is 8.54. The van der Waals surface area contributed by atoms with E-state index in [1.165, 1.54) is 0 Å². The minimum atomic E-state index is -0.831. The average Bonchev–Trinajstić information content (AvgIpc) is 2.03. The lowest BCUT2D eigenvalue weighted by Gasteiger charge is -2.20. The number of carboxylic acid groups (broad SMARTS) is 1. The van der Waals surface area contributed by atoms with Gasteiger partial charge in [0.1, 0.15) is 0 Å². The maximum absolute atomic E-state index is 10.3. The molecule has 0 saturated carbocycles. The Labute approximate surface area is 79.3 Å². The molecule has 4 nitrogen and oxygen atoms in total. The van der Waals surface area contributed by atoms with Crippen molar-refractivity contribution >= 4 is 5.97 Å². The van der Waals surface area contributed by atoms with Gasteiger partial charge < -0.3 is 15.2 Å². The minimum Gasteiger partial charge on any atom is -0.480 e. The molecular formula is C9H19NO3. The smallest absolute Gasteiger partial charge is 0.317 e. The Bertz CT molecular complexity index is 148. The summed E-state index contributed by atoms with van der Waals surface area (Å²) >= 11 is 0. The Hall–Kier alpha value is -0.610. The fraction of sp³-hybridized carbons (Fsp3) is 0.889. The van der Waals surface area contributed by atoms with Gasteiger partial charge >= 0.3 is 5.97 Å². The molecule has 1 unspecified atom stereocenters. The summed E-state index contributed by atoms with van der Waals surface area (Å²) < 4.78 is 5.23. The van der Waals surface area contributed by atoms with Crippen molar-refractivity contribution in [2.45, 2.75) is 26.8 Å². The first kappa shape index (κ1) is 12.4. The summed E-state index contributed by atoms with van der Waals surface area (Å²) in [7, 11) is 0. The molecule has 13 heavy (non-hydrogen) atoms. The summed E-state index contributed by atoms with van der Waals surface area (Å²) in [6.07, 6.45) is 0. The van der Waals surface area contributed by atoms with Crippen molar-refractivity contribution in [2.75, 3.05) is 19.8 Å². The lowest BCUT2D eigenvalue weighted by atomic mass is 10.1. The van der Waals surface area contributed by atoms with Crippen LogP contribution >= 0.6 is 0 Å². The third-order valence-electron chi connectivity index (χ3n) is 1.82. The van der Waals surface area contributed by atoms with Crippen molar-refractivity contribution in [2.24, 2.45) is 5.92 Å². The minimum absolute atomic E-state index is 0.00405. The number of hydrogen-bond acceptors (Lipinski definition) is 3. The number of nitrogens with one attached hydrogen (secondary N) is 1. The SMILES string of the molecule is CCOCC(NCC(=O)O)C(C)C. The van der Waals surface area contributed by atoms with E-state index in [0.717, 1.165) is 0 Å². The Kier molecular flexibility index (Phi) is 6.54. The number of rotatable bonds is 7. The first-order valence-corrected chi connectivity index (χ1v) is 4.60. The predicted molar refractivity (Wildman–Crippen MR) is 50.8 cm³/mol. The van der Waals surface area contributed by atoms with Crippen LogP contribution in [0.5, 0.6) is 0 Å². The maximum Gasteiger partial charge on any atom is 0.317 e. The molecule has 0 rings (SSSR count). The fourth-order valence-corrected chi connectivity index (χ4v) is 0.950. The third kappa shape index (κ3) is 6.54. The van der Waals surface area contributed by atoms with Gasteiger partial charge in [0.25, 0.3) is 0 Å². The molecule has 1 atom stereocenters. The number of ether oxygens (including phenoxy) is 1. The molecule has 0 spiro atoms. The molecule has 2 N–H and O–H groups in total. The van der Waals surface area contributed by atoms with Gasteiger partial charge in [-0.05, 0) is 12.8 Å². The van der Waals surface area contributed by atoms with E-state index in [9.17, 15) is 4.79 Å². The highest BCUT2D eigenvalue weighted by molar-refractivity contribution is 5.69. The van der Waals surface area contributed by atoms with E-state index >= 15 is 0 Å². The van der Waals surface area contributed by atoms with Crippen molar-refractivity contribution in [3.63, 3.8) is 0 Å². The van der Waals surface area contributed by atoms with Gasteiger partial charge in [0.15, 0.2) is 0 Å². The van der Waals surface area contributed by atoms with Crippen LogP contribution in [0, 0.1) is 5.92 Å². The van der Waals surface area contributed by atoms with Gasteiger partial charge in [-0.1, -0.05) is 13.8 Å². The van der Waals surface area contributed by atoms with Crippen LogP contribution in [-0.2, 0) is 9.53 Å². The summed E-state index contributed by atoms with van der Waals surface area (Å²) in [5.74, 6) is -0.451. The van der Waals surface area contributed by atoms with Crippen molar-refractivity contribution in [3.8, 4) is 0 Å². The fourth-order valence-electron chi connectivity index (χ4n) is 0.950. The zero-order valence-corrected chi connectivity index (χ0v) is 8.54.